The highest BCUT2D eigenvalue weighted by Crippen LogP contribution is 2.31. The molecule has 0 unspecified atom stereocenters. The first-order chi connectivity index (χ1) is 10.8. The first-order valence-corrected chi connectivity index (χ1v) is 8.32. The molecule has 0 fully saturated rings. The van der Waals surface area contributed by atoms with Gasteiger partial charge in [-0.05, 0) is 36.6 Å². The van der Waals surface area contributed by atoms with E-state index in [0.29, 0.717) is 18.8 Å². The van der Waals surface area contributed by atoms with Crippen molar-refractivity contribution in [3.63, 3.8) is 0 Å². The van der Waals surface area contributed by atoms with E-state index in [-0.39, 0.29) is 5.56 Å². The molecule has 0 spiro atoms. The summed E-state index contributed by atoms with van der Waals surface area (Å²) in [6, 6.07) is 11.8. The largest absolute Gasteiger partial charge is 0.490 e. The summed E-state index contributed by atoms with van der Waals surface area (Å²) in [4.78, 5) is 18.5. The quantitative estimate of drug-likeness (QED) is 0.682. The van der Waals surface area contributed by atoms with Gasteiger partial charge in [0.25, 0.3) is 5.56 Å². The van der Waals surface area contributed by atoms with Crippen molar-refractivity contribution in [2.45, 2.75) is 11.3 Å². The molecule has 0 N–H and O–H groups in total. The maximum Gasteiger partial charge on any atom is 0.262 e. The summed E-state index contributed by atoms with van der Waals surface area (Å²) in [5, 5.41) is 0. The van der Waals surface area contributed by atoms with E-state index in [9.17, 15) is 4.79 Å². The van der Waals surface area contributed by atoms with Gasteiger partial charge in [-0.3, -0.25) is 14.3 Å². The number of aromatic nitrogens is 2. The molecule has 0 bridgehead atoms. The van der Waals surface area contributed by atoms with Crippen molar-refractivity contribution < 1.29 is 4.74 Å². The molecule has 0 amide bonds. The Morgan fingerprint density at radius 3 is 3.05 bits per heavy atom. The average Bonchev–Trinajstić information content (AvgIpc) is 3.06. The van der Waals surface area contributed by atoms with Crippen LogP contribution in [0.5, 0.6) is 5.75 Å². The van der Waals surface area contributed by atoms with Gasteiger partial charge in [0.1, 0.15) is 5.52 Å². The van der Waals surface area contributed by atoms with Crippen molar-refractivity contribution in [1.82, 2.24) is 9.55 Å². The van der Waals surface area contributed by atoms with E-state index in [1.165, 1.54) is 0 Å². The molecule has 22 heavy (non-hydrogen) atoms. The molecule has 0 atom stereocenters. The van der Waals surface area contributed by atoms with E-state index in [0.717, 1.165) is 27.2 Å². The number of nitrogens with zero attached hydrogens (tertiary/aromatic N) is 2. The number of hydrogen-bond donors (Lipinski definition) is 0. The molecule has 1 aliphatic heterocycles. The first-order valence-electron chi connectivity index (χ1n) is 7.09. The Balaban J connectivity index is 2.11. The van der Waals surface area contributed by atoms with Crippen molar-refractivity contribution in [3.8, 4) is 11.4 Å². The van der Waals surface area contributed by atoms with Gasteiger partial charge in [0, 0.05) is 17.5 Å². The van der Waals surface area contributed by atoms with Crippen LogP contribution in [0.2, 0.25) is 0 Å². The lowest BCUT2D eigenvalue weighted by Gasteiger charge is -2.13. The van der Waals surface area contributed by atoms with Crippen molar-refractivity contribution >= 4 is 22.8 Å². The third-order valence-corrected chi connectivity index (χ3v) is 4.61. The second kappa shape index (κ2) is 5.18. The Morgan fingerprint density at radius 1 is 1.27 bits per heavy atom. The Kier molecular flexibility index (Phi) is 3.15. The van der Waals surface area contributed by atoms with Crippen molar-refractivity contribution in [2.75, 3.05) is 12.9 Å². The molecule has 0 aliphatic carbocycles. The number of fused-ring (bicyclic) bond motifs is 3. The molecular weight excluding hydrogens is 296 g/mol. The van der Waals surface area contributed by atoms with Crippen LogP contribution in [0.4, 0.5) is 0 Å². The zero-order valence-corrected chi connectivity index (χ0v) is 12.9. The third kappa shape index (κ3) is 1.93. The van der Waals surface area contributed by atoms with Crippen LogP contribution in [0.3, 0.4) is 0 Å². The smallest absolute Gasteiger partial charge is 0.262 e. The third-order valence-electron chi connectivity index (χ3n) is 3.89. The van der Waals surface area contributed by atoms with Gasteiger partial charge in [-0.25, -0.2) is 0 Å². The zero-order valence-electron chi connectivity index (χ0n) is 12.1. The van der Waals surface area contributed by atoms with Crippen LogP contribution in [0.25, 0.3) is 16.7 Å². The number of hydrogen-bond acceptors (Lipinski definition) is 4. The second-order valence-electron chi connectivity index (χ2n) is 5.12. The van der Waals surface area contributed by atoms with Crippen molar-refractivity contribution in [3.05, 3.63) is 58.5 Å². The zero-order chi connectivity index (χ0) is 15.1. The van der Waals surface area contributed by atoms with E-state index in [1.807, 2.05) is 42.7 Å². The average molecular weight is 310 g/mol. The monoisotopic (exact) mass is 310 g/mol. The van der Waals surface area contributed by atoms with E-state index in [1.54, 1.807) is 22.5 Å². The summed E-state index contributed by atoms with van der Waals surface area (Å²) in [5.74, 6) is 0.651. The summed E-state index contributed by atoms with van der Waals surface area (Å²) in [7, 11) is 0. The topological polar surface area (TPSA) is 44.1 Å². The van der Waals surface area contributed by atoms with E-state index in [4.69, 9.17) is 4.74 Å². The van der Waals surface area contributed by atoms with Gasteiger partial charge >= 0.3 is 0 Å². The Labute approximate surface area is 131 Å². The Bertz CT molecular complexity index is 934. The first kappa shape index (κ1) is 13.4. The van der Waals surface area contributed by atoms with Crippen molar-refractivity contribution in [1.29, 1.82) is 0 Å². The summed E-state index contributed by atoms with van der Waals surface area (Å²) in [5.41, 5.74) is 3.12. The highest BCUT2D eigenvalue weighted by molar-refractivity contribution is 7.98. The minimum Gasteiger partial charge on any atom is -0.490 e. The normalized spacial score (nSPS) is 13.1. The fourth-order valence-corrected chi connectivity index (χ4v) is 3.33. The lowest BCUT2D eigenvalue weighted by Crippen LogP contribution is -2.22. The number of benzene rings is 1. The molecule has 4 nitrogen and oxygen atoms in total. The Morgan fingerprint density at radius 2 is 2.18 bits per heavy atom. The molecule has 110 valence electrons. The fraction of sp³-hybridized carbons (Fsp3) is 0.176. The van der Waals surface area contributed by atoms with Crippen LogP contribution < -0.4 is 10.3 Å². The minimum atomic E-state index is -0.00810. The molecule has 4 rings (SSSR count). The van der Waals surface area contributed by atoms with Crippen LogP contribution >= 0.6 is 11.8 Å². The highest BCUT2D eigenvalue weighted by atomic mass is 32.2. The van der Waals surface area contributed by atoms with Gasteiger partial charge in [0.05, 0.1) is 23.4 Å². The standard InChI is InChI=1S/C17H14N2O2S/c1-22-12-5-2-4-11(10-12)19-14-6-3-8-18-15(14)16-13(17(19)20)7-9-21-16/h2-6,8,10H,7,9H2,1H3. The highest BCUT2D eigenvalue weighted by Gasteiger charge is 2.23. The molecule has 0 saturated carbocycles. The van der Waals surface area contributed by atoms with Gasteiger partial charge in [0.2, 0.25) is 0 Å². The van der Waals surface area contributed by atoms with Crippen LogP contribution in [0.15, 0.2) is 52.3 Å². The maximum atomic E-state index is 12.9. The summed E-state index contributed by atoms with van der Waals surface area (Å²) in [6.07, 6.45) is 4.40. The van der Waals surface area contributed by atoms with Crippen LogP contribution in [-0.4, -0.2) is 22.4 Å². The molecule has 1 aliphatic rings. The van der Waals surface area contributed by atoms with Crippen molar-refractivity contribution in [2.24, 2.45) is 0 Å². The lowest BCUT2D eigenvalue weighted by atomic mass is 10.1. The van der Waals surface area contributed by atoms with Gasteiger partial charge in [-0.15, -0.1) is 11.8 Å². The summed E-state index contributed by atoms with van der Waals surface area (Å²) < 4.78 is 7.39. The van der Waals surface area contributed by atoms with E-state index >= 15 is 0 Å². The lowest BCUT2D eigenvalue weighted by molar-refractivity contribution is 0.359. The SMILES string of the molecule is CSc1cccc(-n2c(=O)c3c(c4ncccc42)OCC3)c1. The van der Waals surface area contributed by atoms with Crippen LogP contribution in [-0.2, 0) is 6.42 Å². The number of ether oxygens (including phenoxy) is 1. The predicted octanol–water partition coefficient (Wildman–Crippen LogP) is 3.04. The molecule has 0 radical (unpaired) electrons. The van der Waals surface area contributed by atoms with Gasteiger partial charge in [-0.1, -0.05) is 6.07 Å². The Hall–Kier alpha value is -2.27. The number of pyridine rings is 2. The molecule has 0 saturated heterocycles. The van der Waals surface area contributed by atoms with Crippen LogP contribution in [0, 0.1) is 0 Å². The molecule has 3 heterocycles. The summed E-state index contributed by atoms with van der Waals surface area (Å²) in [6.45, 7) is 0.547. The number of thioether (sulfide) groups is 1. The van der Waals surface area contributed by atoms with Crippen LogP contribution in [0.1, 0.15) is 5.56 Å². The van der Waals surface area contributed by atoms with Gasteiger partial charge in [-0.2, -0.15) is 0 Å². The molecule has 2 aromatic heterocycles. The van der Waals surface area contributed by atoms with E-state index in [2.05, 4.69) is 4.98 Å². The summed E-state index contributed by atoms with van der Waals surface area (Å²) >= 11 is 1.66. The van der Waals surface area contributed by atoms with E-state index < -0.39 is 0 Å². The molecular formula is C17H14N2O2S. The minimum absolute atomic E-state index is 0.00810. The fourth-order valence-electron chi connectivity index (χ4n) is 2.87. The molecule has 5 heteroatoms. The van der Waals surface area contributed by atoms with Gasteiger partial charge in [0.15, 0.2) is 5.75 Å². The second-order valence-corrected chi connectivity index (χ2v) is 6.00. The number of rotatable bonds is 2. The predicted molar refractivity (Wildman–Crippen MR) is 88.3 cm³/mol. The maximum absolute atomic E-state index is 12.9. The van der Waals surface area contributed by atoms with Gasteiger partial charge < -0.3 is 4.74 Å². The molecule has 1 aromatic carbocycles. The molecule has 3 aromatic rings.